The van der Waals surface area contributed by atoms with Crippen LogP contribution in [0.1, 0.15) is 22.9 Å². The molecule has 0 fully saturated rings. The van der Waals surface area contributed by atoms with E-state index in [4.69, 9.17) is 10.5 Å². The number of rotatable bonds is 3. The third-order valence-electron chi connectivity index (χ3n) is 5.25. The molecule has 4 N–H and O–H groups in total. The SMILES string of the molecule is COc1cc(C2CN=C(N=C(N)c3[nH]c4ccc(F)cc4c(=O)c3C)CN2)ccc1F. The number of nitrogens with zero attached hydrogens (tertiary/aromatic N) is 2. The Morgan fingerprint density at radius 3 is 2.77 bits per heavy atom. The quantitative estimate of drug-likeness (QED) is 0.443. The van der Waals surface area contributed by atoms with Crippen molar-refractivity contribution in [3.63, 3.8) is 0 Å². The molecule has 1 unspecified atom stereocenters. The first-order valence-electron chi connectivity index (χ1n) is 9.64. The molecule has 4 rings (SSSR count). The molecular formula is C22H21F2N5O2. The van der Waals surface area contributed by atoms with Gasteiger partial charge in [0, 0.05) is 10.9 Å². The number of nitrogens with two attached hydrogens (primary N) is 1. The molecule has 31 heavy (non-hydrogen) atoms. The van der Waals surface area contributed by atoms with Gasteiger partial charge >= 0.3 is 0 Å². The Labute approximate surface area is 176 Å². The van der Waals surface area contributed by atoms with Crippen LogP contribution >= 0.6 is 0 Å². The van der Waals surface area contributed by atoms with Crippen LogP contribution in [0.25, 0.3) is 10.9 Å². The smallest absolute Gasteiger partial charge is 0.193 e. The molecular weight excluding hydrogens is 404 g/mol. The van der Waals surface area contributed by atoms with Crippen LogP contribution in [0, 0.1) is 18.6 Å². The zero-order valence-corrected chi connectivity index (χ0v) is 17.0. The predicted molar refractivity (Wildman–Crippen MR) is 116 cm³/mol. The monoisotopic (exact) mass is 425 g/mol. The highest BCUT2D eigenvalue weighted by Gasteiger charge is 2.19. The van der Waals surface area contributed by atoms with Crippen molar-refractivity contribution in [1.82, 2.24) is 10.3 Å². The van der Waals surface area contributed by atoms with E-state index in [1.54, 1.807) is 19.1 Å². The Hall–Kier alpha value is -3.59. The fraction of sp³-hybridized carbons (Fsp3) is 0.227. The van der Waals surface area contributed by atoms with Gasteiger partial charge in [0.2, 0.25) is 0 Å². The highest BCUT2D eigenvalue weighted by atomic mass is 19.1. The number of methoxy groups -OCH3 is 1. The summed E-state index contributed by atoms with van der Waals surface area (Å²) in [6, 6.07) is 8.51. The van der Waals surface area contributed by atoms with E-state index in [2.05, 4.69) is 20.3 Å². The van der Waals surface area contributed by atoms with Gasteiger partial charge in [-0.3, -0.25) is 9.79 Å². The largest absolute Gasteiger partial charge is 0.494 e. The maximum absolute atomic E-state index is 13.6. The Morgan fingerprint density at radius 2 is 2.06 bits per heavy atom. The lowest BCUT2D eigenvalue weighted by Crippen LogP contribution is -2.35. The molecule has 1 aliphatic heterocycles. The van der Waals surface area contributed by atoms with Crippen molar-refractivity contribution in [3.05, 3.63) is 75.1 Å². The number of fused-ring (bicyclic) bond motifs is 1. The van der Waals surface area contributed by atoms with E-state index in [1.807, 2.05) is 0 Å². The molecule has 0 aliphatic carbocycles. The number of nitrogens with one attached hydrogen (secondary N) is 2. The molecule has 0 saturated heterocycles. The highest BCUT2D eigenvalue weighted by molar-refractivity contribution is 6.06. The second-order valence-corrected chi connectivity index (χ2v) is 7.23. The number of benzene rings is 2. The molecule has 9 heteroatoms. The van der Waals surface area contributed by atoms with Crippen LogP contribution in [0.5, 0.6) is 5.75 Å². The predicted octanol–water partition coefficient (Wildman–Crippen LogP) is 2.57. The number of aromatic nitrogens is 1. The van der Waals surface area contributed by atoms with Crippen molar-refractivity contribution in [2.24, 2.45) is 15.7 Å². The molecule has 0 amide bonds. The summed E-state index contributed by atoms with van der Waals surface area (Å²) in [6.07, 6.45) is 0. The van der Waals surface area contributed by atoms with E-state index < -0.39 is 11.6 Å². The van der Waals surface area contributed by atoms with Crippen molar-refractivity contribution in [1.29, 1.82) is 0 Å². The van der Waals surface area contributed by atoms with Gasteiger partial charge in [-0.05, 0) is 42.8 Å². The molecule has 0 radical (unpaired) electrons. The summed E-state index contributed by atoms with van der Waals surface area (Å²) in [6.45, 7) is 2.33. The van der Waals surface area contributed by atoms with E-state index in [9.17, 15) is 13.6 Å². The number of aliphatic imine (C=N–C) groups is 2. The third kappa shape index (κ3) is 4.04. The average molecular weight is 425 g/mol. The van der Waals surface area contributed by atoms with Crippen LogP contribution in [0.15, 0.2) is 51.2 Å². The zero-order valence-electron chi connectivity index (χ0n) is 17.0. The first kappa shape index (κ1) is 20.7. The standard InChI is InChI=1S/C22H21F2N5O2/c1-11-20(28-16-6-4-13(23)8-14(16)21(11)30)22(25)29-19-10-26-17(9-27-19)12-3-5-15(24)18(7-12)31-2/h3-8,17,26H,9-10H2,1-2H3,(H,28,30)(H2,25,27,29). The first-order valence-corrected chi connectivity index (χ1v) is 9.64. The fourth-order valence-electron chi connectivity index (χ4n) is 3.53. The number of aromatic amines is 1. The summed E-state index contributed by atoms with van der Waals surface area (Å²) in [4.78, 5) is 24.5. The van der Waals surface area contributed by atoms with E-state index >= 15 is 0 Å². The van der Waals surface area contributed by atoms with E-state index in [0.717, 1.165) is 5.56 Å². The van der Waals surface area contributed by atoms with Crippen LogP contribution < -0.4 is 21.2 Å². The third-order valence-corrected chi connectivity index (χ3v) is 5.25. The van der Waals surface area contributed by atoms with E-state index in [1.165, 1.54) is 31.4 Å². The first-order chi connectivity index (χ1) is 14.9. The molecule has 0 saturated carbocycles. The lowest BCUT2D eigenvalue weighted by molar-refractivity contribution is 0.385. The second kappa shape index (κ2) is 8.27. The summed E-state index contributed by atoms with van der Waals surface area (Å²) in [5, 5.41) is 3.54. The number of hydrogen-bond acceptors (Lipinski definition) is 5. The Morgan fingerprint density at radius 1 is 1.26 bits per heavy atom. The lowest BCUT2D eigenvalue weighted by Gasteiger charge is -2.22. The highest BCUT2D eigenvalue weighted by Crippen LogP contribution is 2.24. The summed E-state index contributed by atoms with van der Waals surface area (Å²) in [5.74, 6) is -0.147. The normalized spacial score (nSPS) is 17.0. The molecule has 2 heterocycles. The minimum Gasteiger partial charge on any atom is -0.494 e. The maximum Gasteiger partial charge on any atom is 0.193 e. The molecule has 1 aliphatic rings. The van der Waals surface area contributed by atoms with Crippen molar-refractivity contribution >= 4 is 22.6 Å². The second-order valence-electron chi connectivity index (χ2n) is 7.23. The van der Waals surface area contributed by atoms with Gasteiger partial charge in [0.05, 0.1) is 37.5 Å². The number of halogens is 2. The van der Waals surface area contributed by atoms with Gasteiger partial charge in [-0.25, -0.2) is 13.8 Å². The summed E-state index contributed by atoms with van der Waals surface area (Å²) >= 11 is 0. The Balaban J connectivity index is 1.59. The number of amidine groups is 2. The number of ether oxygens (including phenoxy) is 1. The fourth-order valence-corrected chi connectivity index (χ4v) is 3.53. The summed E-state index contributed by atoms with van der Waals surface area (Å²) < 4.78 is 32.1. The van der Waals surface area contributed by atoms with Crippen molar-refractivity contribution in [2.75, 3.05) is 20.2 Å². The number of pyridine rings is 1. The van der Waals surface area contributed by atoms with Crippen molar-refractivity contribution in [3.8, 4) is 5.75 Å². The van der Waals surface area contributed by atoms with Gasteiger partial charge < -0.3 is 20.8 Å². The summed E-state index contributed by atoms with van der Waals surface area (Å²) in [7, 11) is 1.42. The minimum absolute atomic E-state index is 0.114. The summed E-state index contributed by atoms with van der Waals surface area (Å²) in [5.41, 5.74) is 7.88. The van der Waals surface area contributed by atoms with Gasteiger partial charge in [0.1, 0.15) is 17.5 Å². The zero-order chi connectivity index (χ0) is 22.1. The molecule has 1 atom stereocenters. The number of hydrogen-bond donors (Lipinski definition) is 3. The Bertz CT molecular complexity index is 1280. The van der Waals surface area contributed by atoms with E-state index in [-0.39, 0.29) is 28.4 Å². The van der Waals surface area contributed by atoms with Gasteiger partial charge in [-0.2, -0.15) is 0 Å². The van der Waals surface area contributed by atoms with Gasteiger partial charge in [0.25, 0.3) is 0 Å². The van der Waals surface area contributed by atoms with Crippen LogP contribution in [0.2, 0.25) is 0 Å². The molecule has 0 spiro atoms. The van der Waals surface area contributed by atoms with Crippen LogP contribution in [0.3, 0.4) is 0 Å². The van der Waals surface area contributed by atoms with Gasteiger partial charge in [-0.15, -0.1) is 0 Å². The van der Waals surface area contributed by atoms with Crippen molar-refractivity contribution in [2.45, 2.75) is 13.0 Å². The maximum atomic E-state index is 13.6. The van der Waals surface area contributed by atoms with Gasteiger partial charge in [-0.1, -0.05) is 6.07 Å². The van der Waals surface area contributed by atoms with Crippen LogP contribution in [-0.4, -0.2) is 36.9 Å². The topological polar surface area (TPSA) is 105 Å². The molecule has 0 bridgehead atoms. The molecule has 2 aromatic carbocycles. The minimum atomic E-state index is -0.484. The van der Waals surface area contributed by atoms with Crippen LogP contribution in [-0.2, 0) is 0 Å². The Kier molecular flexibility index (Phi) is 5.51. The number of H-pyrrole nitrogens is 1. The molecule has 1 aromatic heterocycles. The van der Waals surface area contributed by atoms with E-state index in [0.29, 0.717) is 35.7 Å². The van der Waals surface area contributed by atoms with Gasteiger partial charge in [0.15, 0.2) is 17.0 Å². The van der Waals surface area contributed by atoms with Crippen LogP contribution in [0.4, 0.5) is 8.78 Å². The van der Waals surface area contributed by atoms with Crippen molar-refractivity contribution < 1.29 is 13.5 Å². The molecule has 3 aromatic rings. The molecule has 7 nitrogen and oxygen atoms in total. The lowest BCUT2D eigenvalue weighted by atomic mass is 10.1. The molecule has 160 valence electrons. The average Bonchev–Trinajstić information content (AvgIpc) is 2.77.